The molecule has 0 aliphatic rings. The summed E-state index contributed by atoms with van der Waals surface area (Å²) in [6.07, 6.45) is 1.85. The summed E-state index contributed by atoms with van der Waals surface area (Å²) in [6, 6.07) is 9.83. The van der Waals surface area contributed by atoms with Gasteiger partial charge in [-0.05, 0) is 39.0 Å². The van der Waals surface area contributed by atoms with Crippen LogP contribution in [0.25, 0.3) is 0 Å². The molecule has 0 aliphatic carbocycles. The lowest BCUT2D eigenvalue weighted by Crippen LogP contribution is -2.32. The minimum Gasteiger partial charge on any atom is -0.349 e. The van der Waals surface area contributed by atoms with Gasteiger partial charge in [-0.15, -0.1) is 0 Å². The van der Waals surface area contributed by atoms with Gasteiger partial charge < -0.3 is 15.6 Å². The fourth-order valence-electron chi connectivity index (χ4n) is 2.29. The zero-order valence-corrected chi connectivity index (χ0v) is 14.7. The van der Waals surface area contributed by atoms with Crippen LogP contribution in [-0.2, 0) is 7.05 Å². The molecule has 0 fully saturated rings. The van der Waals surface area contributed by atoms with Gasteiger partial charge in [0.25, 0.3) is 5.91 Å². The lowest BCUT2D eigenvalue weighted by Gasteiger charge is -2.14. The van der Waals surface area contributed by atoms with Gasteiger partial charge in [-0.2, -0.15) is 0 Å². The molecular weight excluding hydrogens is 342 g/mol. The summed E-state index contributed by atoms with van der Waals surface area (Å²) in [7, 11) is 1.84. The molecule has 4 nitrogen and oxygen atoms in total. The van der Waals surface area contributed by atoms with Crippen LogP contribution in [0.5, 0.6) is 0 Å². The lowest BCUT2D eigenvalue weighted by molar-refractivity contribution is 0.0943. The van der Waals surface area contributed by atoms with Crippen molar-refractivity contribution in [2.24, 2.45) is 12.8 Å². The van der Waals surface area contributed by atoms with Crippen LogP contribution in [-0.4, -0.2) is 17.0 Å². The summed E-state index contributed by atoms with van der Waals surface area (Å²) in [4.78, 5) is 12.1. The lowest BCUT2D eigenvalue weighted by atomic mass is 9.99. The zero-order valence-electron chi connectivity index (χ0n) is 13.1. The fraction of sp³-hybridized carbons (Fsp3) is 0.353. The maximum atomic E-state index is 12.1. The molecule has 0 saturated heterocycles. The first-order chi connectivity index (χ1) is 10.4. The molecule has 0 bridgehead atoms. The van der Waals surface area contributed by atoms with Crippen LogP contribution in [0.15, 0.2) is 41.0 Å². The number of nitrogens with two attached hydrogens (primary N) is 1. The number of aryl methyl sites for hydroxylation is 1. The van der Waals surface area contributed by atoms with Crippen LogP contribution >= 0.6 is 15.9 Å². The maximum absolute atomic E-state index is 12.1. The Bertz CT molecular complexity index is 646. The molecule has 1 heterocycles. The van der Waals surface area contributed by atoms with Crippen molar-refractivity contribution >= 4 is 21.8 Å². The van der Waals surface area contributed by atoms with Gasteiger partial charge in [0.05, 0.1) is 0 Å². The van der Waals surface area contributed by atoms with E-state index in [9.17, 15) is 4.79 Å². The number of carbonyl (C=O) groups is 1. The molecule has 1 atom stereocenters. The molecule has 22 heavy (non-hydrogen) atoms. The number of carbonyl (C=O) groups excluding carboxylic acids is 1. The number of hydrogen-bond donors (Lipinski definition) is 2. The van der Waals surface area contributed by atoms with Gasteiger partial charge in [0.2, 0.25) is 0 Å². The van der Waals surface area contributed by atoms with E-state index in [2.05, 4.69) is 47.2 Å². The first-order valence-electron chi connectivity index (χ1n) is 7.34. The summed E-state index contributed by atoms with van der Waals surface area (Å²) < 4.78 is 2.66. The summed E-state index contributed by atoms with van der Waals surface area (Å²) in [5.74, 6) is 0.378. The Labute approximate surface area is 139 Å². The van der Waals surface area contributed by atoms with Crippen molar-refractivity contribution in [3.05, 3.63) is 57.8 Å². The van der Waals surface area contributed by atoms with E-state index in [1.54, 1.807) is 10.6 Å². The van der Waals surface area contributed by atoms with Crippen molar-refractivity contribution < 1.29 is 4.79 Å². The number of halogens is 1. The van der Waals surface area contributed by atoms with Crippen molar-refractivity contribution in [1.29, 1.82) is 0 Å². The second-order valence-corrected chi connectivity index (χ2v) is 6.71. The minimum atomic E-state index is -0.214. The van der Waals surface area contributed by atoms with Crippen LogP contribution < -0.4 is 11.1 Å². The molecule has 0 spiro atoms. The highest BCUT2D eigenvalue weighted by Gasteiger charge is 2.13. The average Bonchev–Trinajstić information content (AvgIpc) is 2.83. The predicted octanol–water partition coefficient (Wildman–Crippen LogP) is 3.34. The van der Waals surface area contributed by atoms with Crippen molar-refractivity contribution in [3.63, 3.8) is 0 Å². The number of hydrogen-bond acceptors (Lipinski definition) is 2. The molecule has 1 aromatic heterocycles. The third-order valence-electron chi connectivity index (χ3n) is 3.72. The van der Waals surface area contributed by atoms with E-state index in [1.807, 2.05) is 25.4 Å². The van der Waals surface area contributed by atoms with Gasteiger partial charge in [0.1, 0.15) is 5.69 Å². The highest BCUT2D eigenvalue weighted by molar-refractivity contribution is 9.10. The predicted molar refractivity (Wildman–Crippen MR) is 92.9 cm³/mol. The van der Waals surface area contributed by atoms with Gasteiger partial charge in [0, 0.05) is 30.3 Å². The van der Waals surface area contributed by atoms with E-state index < -0.39 is 0 Å². The zero-order chi connectivity index (χ0) is 16.3. The van der Waals surface area contributed by atoms with Crippen LogP contribution in [0.4, 0.5) is 0 Å². The molecule has 2 aromatic rings. The highest BCUT2D eigenvalue weighted by atomic mass is 79.9. The Morgan fingerprint density at radius 2 is 1.86 bits per heavy atom. The van der Waals surface area contributed by atoms with Crippen molar-refractivity contribution in [2.75, 3.05) is 6.54 Å². The number of aromatic nitrogens is 1. The largest absolute Gasteiger partial charge is 0.349 e. The quantitative estimate of drug-likeness (QED) is 0.855. The van der Waals surface area contributed by atoms with Gasteiger partial charge >= 0.3 is 0 Å². The number of nitrogens with zero attached hydrogens (tertiary/aromatic N) is 1. The number of rotatable bonds is 5. The van der Waals surface area contributed by atoms with Gasteiger partial charge in [-0.3, -0.25) is 4.79 Å². The van der Waals surface area contributed by atoms with Crippen molar-refractivity contribution in [1.82, 2.24) is 9.88 Å². The Morgan fingerprint density at radius 3 is 2.36 bits per heavy atom. The molecule has 0 aliphatic heterocycles. The van der Waals surface area contributed by atoms with E-state index in [0.717, 1.165) is 10.0 Å². The molecule has 1 amide bonds. The summed E-state index contributed by atoms with van der Waals surface area (Å²) >= 11 is 3.36. The highest BCUT2D eigenvalue weighted by Crippen LogP contribution is 2.18. The van der Waals surface area contributed by atoms with Crippen LogP contribution in [0.1, 0.15) is 47.4 Å². The average molecular weight is 364 g/mol. The Morgan fingerprint density at radius 1 is 1.27 bits per heavy atom. The van der Waals surface area contributed by atoms with E-state index in [4.69, 9.17) is 5.73 Å². The van der Waals surface area contributed by atoms with Crippen molar-refractivity contribution in [3.8, 4) is 0 Å². The molecule has 1 unspecified atom stereocenters. The number of amides is 1. The van der Waals surface area contributed by atoms with Gasteiger partial charge in [-0.25, -0.2) is 0 Å². The first kappa shape index (κ1) is 16.8. The Balaban J connectivity index is 1.96. The smallest absolute Gasteiger partial charge is 0.268 e. The van der Waals surface area contributed by atoms with Crippen LogP contribution in [0.2, 0.25) is 0 Å². The SMILES string of the molecule is CC(C)c1ccc(C(N)CNC(=O)c2cc(Br)cn2C)cc1. The van der Waals surface area contributed by atoms with E-state index in [1.165, 1.54) is 5.56 Å². The third-order valence-corrected chi connectivity index (χ3v) is 4.15. The standard InChI is InChI=1S/C17H22BrN3O/c1-11(2)12-4-6-13(7-5-12)15(19)9-20-17(22)16-8-14(18)10-21(16)3/h4-8,10-11,15H,9,19H2,1-3H3,(H,20,22). The van der Waals surface area contributed by atoms with E-state index >= 15 is 0 Å². The van der Waals surface area contributed by atoms with Crippen molar-refractivity contribution in [2.45, 2.75) is 25.8 Å². The number of benzene rings is 1. The molecule has 118 valence electrons. The van der Waals surface area contributed by atoms with Crippen LogP contribution in [0.3, 0.4) is 0 Å². The number of nitrogens with one attached hydrogen (secondary N) is 1. The Kier molecular flexibility index (Phi) is 5.42. The van der Waals surface area contributed by atoms with Crippen LogP contribution in [0, 0.1) is 0 Å². The normalized spacial score (nSPS) is 12.5. The van der Waals surface area contributed by atoms with E-state index in [0.29, 0.717) is 18.2 Å². The molecule has 3 N–H and O–H groups in total. The summed E-state index contributed by atoms with van der Waals surface area (Å²) in [6.45, 7) is 4.73. The summed E-state index contributed by atoms with van der Waals surface area (Å²) in [5, 5.41) is 2.88. The summed E-state index contributed by atoms with van der Waals surface area (Å²) in [5.41, 5.74) is 9.08. The second kappa shape index (κ2) is 7.11. The van der Waals surface area contributed by atoms with Gasteiger partial charge in [0.15, 0.2) is 0 Å². The van der Waals surface area contributed by atoms with Gasteiger partial charge in [-0.1, -0.05) is 38.1 Å². The minimum absolute atomic E-state index is 0.123. The molecule has 1 aromatic carbocycles. The third kappa shape index (κ3) is 3.99. The van der Waals surface area contributed by atoms with E-state index in [-0.39, 0.29) is 11.9 Å². The Hall–Kier alpha value is -1.59. The second-order valence-electron chi connectivity index (χ2n) is 5.79. The molecule has 0 saturated carbocycles. The maximum Gasteiger partial charge on any atom is 0.268 e. The molecule has 5 heteroatoms. The molecule has 2 rings (SSSR count). The molecule has 0 radical (unpaired) electrons. The molecular formula is C17H22BrN3O. The monoisotopic (exact) mass is 363 g/mol. The first-order valence-corrected chi connectivity index (χ1v) is 8.13. The topological polar surface area (TPSA) is 60.0 Å². The fourth-order valence-corrected chi connectivity index (χ4v) is 2.81.